The van der Waals surface area contributed by atoms with Crippen molar-refractivity contribution in [2.75, 3.05) is 19.8 Å². The topological polar surface area (TPSA) is 161 Å². The summed E-state index contributed by atoms with van der Waals surface area (Å²) in [6.07, 6.45) is 0.731. The van der Waals surface area contributed by atoms with E-state index in [2.05, 4.69) is 13.2 Å². The highest BCUT2D eigenvalue weighted by molar-refractivity contribution is 5.97. The Morgan fingerprint density at radius 1 is 0.574 bits per heavy atom. The van der Waals surface area contributed by atoms with E-state index in [1.165, 1.54) is 0 Å². The molecule has 0 heterocycles. The van der Waals surface area contributed by atoms with Crippen molar-refractivity contribution in [3.63, 3.8) is 0 Å². The molecule has 0 radical (unpaired) electrons. The molecule has 12 nitrogen and oxygen atoms in total. The Morgan fingerprint density at radius 3 is 1.77 bits per heavy atom. The Bertz CT molecular complexity index is 2310. The van der Waals surface area contributed by atoms with Gasteiger partial charge in [-0.25, -0.2) is 50.3 Å². The molecule has 0 spiro atoms. The molecule has 19 heteroatoms. The summed E-state index contributed by atoms with van der Waals surface area (Å²) in [4.78, 5) is 61.6. The van der Waals surface area contributed by atoms with Gasteiger partial charge in [-0.1, -0.05) is 19.2 Å². The fourth-order valence-electron chi connectivity index (χ4n) is 5.12. The third-order valence-electron chi connectivity index (χ3n) is 8.20. The Morgan fingerprint density at radius 2 is 1.13 bits per heavy atom. The minimum atomic E-state index is -1.81. The van der Waals surface area contributed by atoms with E-state index in [0.29, 0.717) is 24.6 Å². The lowest BCUT2D eigenvalue weighted by molar-refractivity contribution is -0.138. The maximum atomic E-state index is 15.1. The van der Waals surface area contributed by atoms with Crippen LogP contribution in [0, 0.1) is 40.7 Å². The maximum absolute atomic E-state index is 15.1. The van der Waals surface area contributed by atoms with Crippen LogP contribution in [0.5, 0.6) is 17.2 Å². The van der Waals surface area contributed by atoms with Crippen molar-refractivity contribution in [3.8, 4) is 17.2 Å². The minimum absolute atomic E-state index is 0.0114. The largest absolute Gasteiger partial charge is 0.490 e. The van der Waals surface area contributed by atoms with E-state index in [9.17, 15) is 51.0 Å². The zero-order chi connectivity index (χ0) is 44.8. The summed E-state index contributed by atoms with van der Waals surface area (Å²) >= 11 is 0. The van der Waals surface area contributed by atoms with Crippen LogP contribution in [0.4, 0.5) is 30.7 Å². The summed E-state index contributed by atoms with van der Waals surface area (Å²) in [5.74, 6) is -19.6. The van der Waals surface area contributed by atoms with Crippen LogP contribution in [0.3, 0.4) is 0 Å². The molecule has 4 aromatic rings. The first-order valence-corrected chi connectivity index (χ1v) is 17.8. The highest BCUT2D eigenvalue weighted by Crippen LogP contribution is 2.31. The quantitative estimate of drug-likeness (QED) is 0.0174. The molecule has 0 aliphatic carbocycles. The number of carbonyl (C=O) groups is 5. The van der Waals surface area contributed by atoms with Gasteiger partial charge in [0.2, 0.25) is 5.82 Å². The van der Waals surface area contributed by atoms with Crippen LogP contribution in [0.1, 0.15) is 74.0 Å². The normalized spacial score (nSPS) is 11.2. The highest BCUT2D eigenvalue weighted by Gasteiger charge is 2.27. The SMILES string of the molecule is C=CC(=O)OCCCCOc1ccc(C(=O)Oc2ccc(OC(=O)c3ccc(C(O)CCCOC(=O)C=C)c(F)c3F)cc2C(=O)OCc2cc(F)c(F)c(F)c2)c(F)c1F. The van der Waals surface area contributed by atoms with Crippen LogP contribution in [-0.2, 0) is 30.4 Å². The van der Waals surface area contributed by atoms with Gasteiger partial charge in [-0.3, -0.25) is 0 Å². The Hall–Kier alpha value is -7.02. The van der Waals surface area contributed by atoms with Gasteiger partial charge < -0.3 is 33.5 Å². The fourth-order valence-corrected chi connectivity index (χ4v) is 5.12. The third-order valence-corrected chi connectivity index (χ3v) is 8.20. The van der Waals surface area contributed by atoms with Crippen molar-refractivity contribution in [3.05, 3.63) is 148 Å². The van der Waals surface area contributed by atoms with Gasteiger partial charge >= 0.3 is 29.8 Å². The zero-order valence-electron chi connectivity index (χ0n) is 31.6. The number of hydrogen-bond donors (Lipinski definition) is 1. The highest BCUT2D eigenvalue weighted by atomic mass is 19.2. The molecule has 0 aliphatic rings. The zero-order valence-corrected chi connectivity index (χ0v) is 31.6. The van der Waals surface area contributed by atoms with Gasteiger partial charge in [-0.15, -0.1) is 0 Å². The van der Waals surface area contributed by atoms with Crippen molar-refractivity contribution in [2.24, 2.45) is 0 Å². The van der Waals surface area contributed by atoms with E-state index < -0.39 is 123 Å². The number of aliphatic hydroxyl groups excluding tert-OH is 1. The Kier molecular flexibility index (Phi) is 16.7. The predicted molar refractivity (Wildman–Crippen MR) is 196 cm³/mol. The molecule has 1 atom stereocenters. The van der Waals surface area contributed by atoms with Crippen LogP contribution in [-0.4, -0.2) is 54.8 Å². The van der Waals surface area contributed by atoms with Crippen molar-refractivity contribution >= 4 is 29.8 Å². The standard InChI is InChI=1S/C42H33F7O12/c1-3-33(51)57-16-6-5-15-56-32-14-12-26(37(47)39(32)49)42(55)61-31-13-9-23(20-27(31)40(53)59-21-22-18-28(43)38(48)29(44)19-22)60-41(54)25-11-10-24(35(45)36(25)46)30(50)8-7-17-58-34(52)4-2/h3-4,9-14,18-20,30,50H,1-2,5-8,15-17,21H2. The number of unbranched alkanes of at least 4 members (excludes halogenated alkanes) is 1. The van der Waals surface area contributed by atoms with E-state index >= 15 is 8.78 Å². The number of ether oxygens (including phenoxy) is 6. The summed E-state index contributed by atoms with van der Waals surface area (Å²) < 4.78 is 131. The van der Waals surface area contributed by atoms with E-state index in [1.54, 1.807) is 0 Å². The molecule has 0 aliphatic heterocycles. The van der Waals surface area contributed by atoms with E-state index in [1.807, 2.05) is 0 Å². The number of esters is 5. The van der Waals surface area contributed by atoms with Gasteiger partial charge in [0.1, 0.15) is 23.7 Å². The Labute approximate surface area is 341 Å². The van der Waals surface area contributed by atoms with Crippen LogP contribution >= 0.6 is 0 Å². The number of benzene rings is 4. The van der Waals surface area contributed by atoms with Crippen molar-refractivity contribution in [2.45, 2.75) is 38.4 Å². The van der Waals surface area contributed by atoms with Gasteiger partial charge in [0.25, 0.3) is 0 Å². The molecule has 0 aromatic heterocycles. The van der Waals surface area contributed by atoms with Crippen LogP contribution in [0.2, 0.25) is 0 Å². The molecule has 1 N–H and O–H groups in total. The molecular formula is C42H33F7O12. The lowest BCUT2D eigenvalue weighted by Crippen LogP contribution is -2.17. The van der Waals surface area contributed by atoms with Gasteiger partial charge in [0.05, 0.1) is 37.1 Å². The molecule has 0 bridgehead atoms. The van der Waals surface area contributed by atoms with Crippen molar-refractivity contribution < 1.29 is 88.2 Å². The first-order valence-electron chi connectivity index (χ1n) is 17.8. The molecule has 0 amide bonds. The molecule has 4 aromatic carbocycles. The van der Waals surface area contributed by atoms with Gasteiger partial charge in [0.15, 0.2) is 40.7 Å². The second-order valence-electron chi connectivity index (χ2n) is 12.4. The van der Waals surface area contributed by atoms with Crippen LogP contribution in [0.15, 0.2) is 79.9 Å². The van der Waals surface area contributed by atoms with Crippen LogP contribution < -0.4 is 14.2 Å². The van der Waals surface area contributed by atoms with Crippen LogP contribution in [0.25, 0.3) is 0 Å². The van der Waals surface area contributed by atoms with E-state index in [4.69, 9.17) is 28.4 Å². The minimum Gasteiger partial charge on any atom is -0.490 e. The smallest absolute Gasteiger partial charge is 0.346 e. The van der Waals surface area contributed by atoms with E-state index in [-0.39, 0.29) is 44.6 Å². The summed E-state index contributed by atoms with van der Waals surface area (Å²) in [7, 11) is 0. The average Bonchev–Trinajstić information content (AvgIpc) is 3.24. The number of rotatable bonds is 20. The number of halogens is 7. The van der Waals surface area contributed by atoms with Crippen molar-refractivity contribution in [1.29, 1.82) is 0 Å². The molecule has 0 saturated heterocycles. The first kappa shape index (κ1) is 46.7. The number of hydrogen-bond acceptors (Lipinski definition) is 12. The average molecular weight is 863 g/mol. The molecule has 0 saturated carbocycles. The summed E-state index contributed by atoms with van der Waals surface area (Å²) in [6, 6.07) is 6.81. The lowest BCUT2D eigenvalue weighted by atomic mass is 10.0. The maximum Gasteiger partial charge on any atom is 0.346 e. The van der Waals surface area contributed by atoms with Gasteiger partial charge in [-0.2, -0.15) is 4.39 Å². The predicted octanol–water partition coefficient (Wildman–Crippen LogP) is 7.89. The van der Waals surface area contributed by atoms with Gasteiger partial charge in [0, 0.05) is 17.7 Å². The first-order chi connectivity index (χ1) is 29.1. The number of aliphatic hydroxyl groups is 1. The fraction of sp³-hybridized carbons (Fsp3) is 0.214. The lowest BCUT2D eigenvalue weighted by Gasteiger charge is -2.15. The molecular weight excluding hydrogens is 829 g/mol. The monoisotopic (exact) mass is 862 g/mol. The van der Waals surface area contributed by atoms with Gasteiger partial charge in [-0.05, 0) is 79.8 Å². The summed E-state index contributed by atoms with van der Waals surface area (Å²) in [5, 5.41) is 10.4. The van der Waals surface area contributed by atoms with Crippen molar-refractivity contribution in [1.82, 2.24) is 0 Å². The molecule has 61 heavy (non-hydrogen) atoms. The second-order valence-corrected chi connectivity index (χ2v) is 12.4. The Balaban J connectivity index is 1.54. The second kappa shape index (κ2) is 21.8. The summed E-state index contributed by atoms with van der Waals surface area (Å²) in [5.41, 5.74) is -3.68. The molecule has 0 fully saturated rings. The summed E-state index contributed by atoms with van der Waals surface area (Å²) in [6.45, 7) is 5.27. The number of carbonyl (C=O) groups excluding carboxylic acids is 5. The third kappa shape index (κ3) is 12.5. The molecule has 322 valence electrons. The van der Waals surface area contributed by atoms with E-state index in [0.717, 1.165) is 48.6 Å². The molecule has 4 rings (SSSR count). The molecule has 1 unspecified atom stereocenters.